The Morgan fingerprint density at radius 3 is 2.18 bits per heavy atom. The molecule has 96 valence electrons. The van der Waals surface area contributed by atoms with Crippen LogP contribution in [0.2, 0.25) is 0 Å². The van der Waals surface area contributed by atoms with Gasteiger partial charge in [0.15, 0.2) is 6.10 Å². The van der Waals surface area contributed by atoms with Gasteiger partial charge in [-0.25, -0.2) is 4.39 Å². The number of hydrogen-bond acceptors (Lipinski definition) is 2. The normalized spacial score (nSPS) is 15.6. The van der Waals surface area contributed by atoms with Gasteiger partial charge in [0.25, 0.3) is 0 Å². The van der Waals surface area contributed by atoms with E-state index in [1.807, 2.05) is 0 Å². The van der Waals surface area contributed by atoms with Gasteiger partial charge in [0, 0.05) is 6.54 Å². The van der Waals surface area contributed by atoms with Crippen molar-refractivity contribution < 1.29 is 22.3 Å². The second-order valence-corrected chi connectivity index (χ2v) is 3.60. The van der Waals surface area contributed by atoms with E-state index in [-0.39, 0.29) is 6.54 Å². The molecule has 0 aliphatic heterocycles. The maximum Gasteiger partial charge on any atom is 0.414 e. The van der Waals surface area contributed by atoms with Crippen LogP contribution in [-0.4, -0.2) is 18.8 Å². The molecule has 0 saturated heterocycles. The molecule has 2 atom stereocenters. The summed E-state index contributed by atoms with van der Waals surface area (Å²) >= 11 is 0. The summed E-state index contributed by atoms with van der Waals surface area (Å²) in [5.74, 6) is -0.464. The lowest BCUT2D eigenvalue weighted by atomic mass is 10.1. The van der Waals surface area contributed by atoms with Crippen LogP contribution in [0.15, 0.2) is 24.3 Å². The minimum absolute atomic E-state index is 0.105. The van der Waals surface area contributed by atoms with E-state index in [9.17, 15) is 17.6 Å². The van der Waals surface area contributed by atoms with Crippen molar-refractivity contribution >= 4 is 0 Å². The first-order valence-electron chi connectivity index (χ1n) is 5.02. The molecule has 6 heteroatoms. The highest BCUT2D eigenvalue weighted by atomic mass is 19.4. The highest BCUT2D eigenvalue weighted by Gasteiger charge is 2.38. The van der Waals surface area contributed by atoms with Gasteiger partial charge in [-0.2, -0.15) is 13.2 Å². The highest BCUT2D eigenvalue weighted by molar-refractivity contribution is 5.19. The zero-order valence-electron chi connectivity index (χ0n) is 9.17. The van der Waals surface area contributed by atoms with Crippen LogP contribution < -0.4 is 5.73 Å². The average molecular weight is 251 g/mol. The van der Waals surface area contributed by atoms with Crippen molar-refractivity contribution in [2.45, 2.75) is 25.3 Å². The maximum absolute atomic E-state index is 12.7. The molecule has 2 nitrogen and oxygen atoms in total. The molecule has 1 rings (SSSR count). The third kappa shape index (κ3) is 3.98. The molecule has 0 heterocycles. The van der Waals surface area contributed by atoms with Crippen LogP contribution in [0.1, 0.15) is 18.6 Å². The molecule has 0 fully saturated rings. The molecule has 17 heavy (non-hydrogen) atoms. The summed E-state index contributed by atoms with van der Waals surface area (Å²) in [7, 11) is 0. The summed E-state index contributed by atoms with van der Waals surface area (Å²) in [5.41, 5.74) is 5.77. The SMILES string of the molecule is CC(OC(CN)c1ccc(F)cc1)C(F)(F)F. The van der Waals surface area contributed by atoms with Crippen molar-refractivity contribution in [3.63, 3.8) is 0 Å². The second-order valence-electron chi connectivity index (χ2n) is 3.60. The Morgan fingerprint density at radius 1 is 1.24 bits per heavy atom. The summed E-state index contributed by atoms with van der Waals surface area (Å²) < 4.78 is 54.4. The van der Waals surface area contributed by atoms with Crippen LogP contribution in [0.3, 0.4) is 0 Å². The molecular weight excluding hydrogens is 238 g/mol. The first-order valence-corrected chi connectivity index (χ1v) is 5.02. The van der Waals surface area contributed by atoms with Crippen LogP contribution >= 0.6 is 0 Å². The molecule has 0 spiro atoms. The van der Waals surface area contributed by atoms with E-state index in [1.54, 1.807) is 0 Å². The van der Waals surface area contributed by atoms with Crippen molar-refractivity contribution in [1.29, 1.82) is 0 Å². The molecule has 1 aromatic carbocycles. The lowest BCUT2D eigenvalue weighted by Crippen LogP contribution is -2.32. The molecule has 0 aliphatic carbocycles. The second kappa shape index (κ2) is 5.46. The molecule has 0 aliphatic rings. The van der Waals surface area contributed by atoms with Crippen LogP contribution in [0.5, 0.6) is 0 Å². The monoisotopic (exact) mass is 251 g/mol. The van der Waals surface area contributed by atoms with Crippen molar-refractivity contribution in [2.24, 2.45) is 5.73 Å². The van der Waals surface area contributed by atoms with E-state index in [0.717, 1.165) is 19.1 Å². The molecule has 2 unspecified atom stereocenters. The van der Waals surface area contributed by atoms with Crippen molar-refractivity contribution in [3.05, 3.63) is 35.6 Å². The van der Waals surface area contributed by atoms with Gasteiger partial charge in [-0.3, -0.25) is 0 Å². The smallest absolute Gasteiger partial charge is 0.360 e. The first kappa shape index (κ1) is 13.9. The minimum atomic E-state index is -4.44. The van der Waals surface area contributed by atoms with E-state index >= 15 is 0 Å². The first-order chi connectivity index (χ1) is 7.84. The van der Waals surface area contributed by atoms with Crippen LogP contribution in [-0.2, 0) is 4.74 Å². The number of ether oxygens (including phenoxy) is 1. The van der Waals surface area contributed by atoms with Gasteiger partial charge in [0.1, 0.15) is 5.82 Å². The fourth-order valence-electron chi connectivity index (χ4n) is 1.27. The molecule has 0 bridgehead atoms. The van der Waals surface area contributed by atoms with Gasteiger partial charge in [-0.05, 0) is 24.6 Å². The predicted octanol–water partition coefficient (Wildman–Crippen LogP) is 2.79. The highest BCUT2D eigenvalue weighted by Crippen LogP contribution is 2.27. The number of alkyl halides is 3. The fraction of sp³-hybridized carbons (Fsp3) is 0.455. The number of benzene rings is 1. The fourth-order valence-corrected chi connectivity index (χ4v) is 1.27. The predicted molar refractivity (Wildman–Crippen MR) is 54.8 cm³/mol. The van der Waals surface area contributed by atoms with E-state index < -0.39 is 24.2 Å². The molecule has 0 radical (unpaired) electrons. The Kier molecular flexibility index (Phi) is 4.47. The largest absolute Gasteiger partial charge is 0.414 e. The Balaban J connectivity index is 2.75. The zero-order chi connectivity index (χ0) is 13.1. The van der Waals surface area contributed by atoms with Crippen LogP contribution in [0.25, 0.3) is 0 Å². The molecular formula is C11H13F4NO. The molecule has 0 aromatic heterocycles. The minimum Gasteiger partial charge on any atom is -0.360 e. The third-order valence-electron chi connectivity index (χ3n) is 2.29. The van der Waals surface area contributed by atoms with E-state index in [0.29, 0.717) is 5.56 Å². The number of halogens is 4. The van der Waals surface area contributed by atoms with Gasteiger partial charge >= 0.3 is 6.18 Å². The zero-order valence-corrected chi connectivity index (χ0v) is 9.17. The van der Waals surface area contributed by atoms with Gasteiger partial charge < -0.3 is 10.5 Å². The van der Waals surface area contributed by atoms with Crippen molar-refractivity contribution in [3.8, 4) is 0 Å². The topological polar surface area (TPSA) is 35.2 Å². The van der Waals surface area contributed by atoms with Gasteiger partial charge in [-0.15, -0.1) is 0 Å². The Labute approximate surface area is 96.4 Å². The lowest BCUT2D eigenvalue weighted by molar-refractivity contribution is -0.226. The molecule has 0 amide bonds. The van der Waals surface area contributed by atoms with Gasteiger partial charge in [0.05, 0.1) is 6.10 Å². The van der Waals surface area contributed by atoms with E-state index in [2.05, 4.69) is 0 Å². The average Bonchev–Trinajstić information content (AvgIpc) is 2.25. The quantitative estimate of drug-likeness (QED) is 0.835. The standard InChI is InChI=1S/C11H13F4NO/c1-7(11(13,14)15)17-10(6-16)8-2-4-9(12)5-3-8/h2-5,7,10H,6,16H2,1H3. The number of nitrogens with two attached hydrogens (primary N) is 1. The molecule has 2 N–H and O–H groups in total. The third-order valence-corrected chi connectivity index (χ3v) is 2.29. The summed E-state index contributed by atoms with van der Waals surface area (Å²) in [5, 5.41) is 0. The number of hydrogen-bond donors (Lipinski definition) is 1. The lowest BCUT2D eigenvalue weighted by Gasteiger charge is -2.23. The maximum atomic E-state index is 12.7. The summed E-state index contributed by atoms with van der Waals surface area (Å²) in [6, 6.07) is 5.02. The molecule has 0 saturated carbocycles. The molecule has 1 aromatic rings. The van der Waals surface area contributed by atoms with Gasteiger partial charge in [0.2, 0.25) is 0 Å². The Bertz CT molecular complexity index is 349. The number of rotatable bonds is 4. The Morgan fingerprint density at radius 2 is 1.76 bits per heavy atom. The van der Waals surface area contributed by atoms with E-state index in [4.69, 9.17) is 10.5 Å². The van der Waals surface area contributed by atoms with Crippen molar-refractivity contribution in [2.75, 3.05) is 6.54 Å². The van der Waals surface area contributed by atoms with Crippen LogP contribution in [0.4, 0.5) is 17.6 Å². The summed E-state index contributed by atoms with van der Waals surface area (Å²) in [6.07, 6.45) is -7.25. The van der Waals surface area contributed by atoms with E-state index in [1.165, 1.54) is 12.1 Å². The Hall–Kier alpha value is -1.14. The van der Waals surface area contributed by atoms with Crippen LogP contribution in [0, 0.1) is 5.82 Å². The summed E-state index contributed by atoms with van der Waals surface area (Å²) in [6.45, 7) is 0.804. The summed E-state index contributed by atoms with van der Waals surface area (Å²) in [4.78, 5) is 0. The van der Waals surface area contributed by atoms with Crippen molar-refractivity contribution in [1.82, 2.24) is 0 Å². The van der Waals surface area contributed by atoms with Gasteiger partial charge in [-0.1, -0.05) is 12.1 Å².